The van der Waals surface area contributed by atoms with Crippen LogP contribution in [0, 0.1) is 0 Å². The zero-order valence-corrected chi connectivity index (χ0v) is 13.0. The first-order chi connectivity index (χ1) is 9.80. The van der Waals surface area contributed by atoms with Crippen molar-refractivity contribution in [2.24, 2.45) is 0 Å². The molecule has 0 radical (unpaired) electrons. The van der Waals surface area contributed by atoms with Crippen molar-refractivity contribution >= 4 is 12.4 Å². The van der Waals surface area contributed by atoms with Crippen molar-refractivity contribution in [3.05, 3.63) is 36.5 Å². The van der Waals surface area contributed by atoms with Crippen LogP contribution in [0.25, 0.3) is 0 Å². The standard InChI is InChI=1S/C16H25NO4/c1-14(13-19)9-8-11-17(10-6-5-7-12-18)15(20)21-16(2,3)4/h5,7-9,12,19H,1,6,10-11,13H2,2-4H3/b7-5+,9-8+. The molecule has 0 aliphatic heterocycles. The van der Waals surface area contributed by atoms with Crippen molar-refractivity contribution in [1.29, 1.82) is 0 Å². The number of carbonyl (C=O) groups excluding carboxylic acids is 2. The molecule has 0 heterocycles. The highest BCUT2D eigenvalue weighted by atomic mass is 16.6. The summed E-state index contributed by atoms with van der Waals surface area (Å²) in [7, 11) is 0. The minimum Gasteiger partial charge on any atom is -0.444 e. The molecule has 5 nitrogen and oxygen atoms in total. The molecular weight excluding hydrogens is 270 g/mol. The van der Waals surface area contributed by atoms with Gasteiger partial charge in [0.1, 0.15) is 11.9 Å². The molecule has 0 aliphatic rings. The van der Waals surface area contributed by atoms with Crippen LogP contribution < -0.4 is 0 Å². The van der Waals surface area contributed by atoms with Crippen LogP contribution >= 0.6 is 0 Å². The minimum absolute atomic E-state index is 0.120. The lowest BCUT2D eigenvalue weighted by atomic mass is 10.2. The zero-order chi connectivity index (χ0) is 16.3. The molecule has 0 aromatic heterocycles. The molecule has 0 saturated heterocycles. The third-order valence-corrected chi connectivity index (χ3v) is 2.31. The van der Waals surface area contributed by atoms with E-state index in [9.17, 15) is 9.59 Å². The summed E-state index contributed by atoms with van der Waals surface area (Å²) in [5, 5.41) is 8.86. The lowest BCUT2D eigenvalue weighted by molar-refractivity contribution is -0.104. The minimum atomic E-state index is -0.563. The van der Waals surface area contributed by atoms with Gasteiger partial charge in [0.05, 0.1) is 6.61 Å². The Hall–Kier alpha value is -1.88. The number of hydrogen-bond donors (Lipinski definition) is 1. The van der Waals surface area contributed by atoms with E-state index in [0.717, 1.165) is 0 Å². The molecular formula is C16H25NO4. The van der Waals surface area contributed by atoms with Crippen LogP contribution in [0.3, 0.4) is 0 Å². The summed E-state index contributed by atoms with van der Waals surface area (Å²) in [6.45, 7) is 9.72. The van der Waals surface area contributed by atoms with Crippen LogP contribution in [-0.2, 0) is 9.53 Å². The predicted octanol–water partition coefficient (Wildman–Crippen LogP) is 2.47. The number of hydrogen-bond acceptors (Lipinski definition) is 4. The quantitative estimate of drug-likeness (QED) is 0.424. The average molecular weight is 295 g/mol. The Morgan fingerprint density at radius 2 is 2.00 bits per heavy atom. The molecule has 0 saturated carbocycles. The van der Waals surface area contributed by atoms with E-state index in [1.165, 1.54) is 11.0 Å². The number of amides is 1. The molecule has 0 rings (SSSR count). The fourth-order valence-electron chi connectivity index (χ4n) is 1.37. The van der Waals surface area contributed by atoms with Crippen LogP contribution in [0.5, 0.6) is 0 Å². The van der Waals surface area contributed by atoms with Gasteiger partial charge in [-0.2, -0.15) is 0 Å². The van der Waals surface area contributed by atoms with Crippen LogP contribution in [0.2, 0.25) is 0 Å². The maximum absolute atomic E-state index is 12.1. The second-order valence-corrected chi connectivity index (χ2v) is 5.50. The smallest absolute Gasteiger partial charge is 0.410 e. The molecule has 0 bridgehead atoms. The van der Waals surface area contributed by atoms with Gasteiger partial charge in [-0.1, -0.05) is 24.8 Å². The Balaban J connectivity index is 4.63. The third kappa shape index (κ3) is 10.6. The van der Waals surface area contributed by atoms with E-state index < -0.39 is 11.7 Å². The van der Waals surface area contributed by atoms with Crippen molar-refractivity contribution in [1.82, 2.24) is 4.90 Å². The van der Waals surface area contributed by atoms with E-state index in [4.69, 9.17) is 9.84 Å². The van der Waals surface area contributed by atoms with Crippen molar-refractivity contribution in [3.8, 4) is 0 Å². The van der Waals surface area contributed by atoms with Gasteiger partial charge in [-0.3, -0.25) is 4.79 Å². The van der Waals surface area contributed by atoms with E-state index in [1.807, 2.05) is 0 Å². The first-order valence-electron chi connectivity index (χ1n) is 6.83. The second kappa shape index (κ2) is 9.94. The fraction of sp³-hybridized carbons (Fsp3) is 0.500. The van der Waals surface area contributed by atoms with E-state index in [1.54, 1.807) is 39.0 Å². The zero-order valence-electron chi connectivity index (χ0n) is 13.0. The van der Waals surface area contributed by atoms with E-state index in [-0.39, 0.29) is 6.61 Å². The predicted molar refractivity (Wildman–Crippen MR) is 83.0 cm³/mol. The topological polar surface area (TPSA) is 66.8 Å². The third-order valence-electron chi connectivity index (χ3n) is 2.31. The van der Waals surface area contributed by atoms with Gasteiger partial charge in [-0.15, -0.1) is 0 Å². The van der Waals surface area contributed by atoms with Gasteiger partial charge < -0.3 is 14.7 Å². The van der Waals surface area contributed by atoms with Crippen LogP contribution in [0.4, 0.5) is 4.79 Å². The fourth-order valence-corrected chi connectivity index (χ4v) is 1.37. The number of rotatable bonds is 8. The summed E-state index contributed by atoms with van der Waals surface area (Å²) >= 11 is 0. The highest BCUT2D eigenvalue weighted by Crippen LogP contribution is 2.10. The maximum Gasteiger partial charge on any atom is 0.410 e. The van der Waals surface area contributed by atoms with E-state index in [0.29, 0.717) is 31.4 Å². The van der Waals surface area contributed by atoms with Crippen molar-refractivity contribution in [2.75, 3.05) is 19.7 Å². The van der Waals surface area contributed by atoms with Gasteiger partial charge in [0.25, 0.3) is 0 Å². The summed E-state index contributed by atoms with van der Waals surface area (Å²) in [5.74, 6) is 0. The number of nitrogens with zero attached hydrogens (tertiary/aromatic N) is 1. The number of aldehydes is 1. The van der Waals surface area contributed by atoms with Crippen LogP contribution in [-0.4, -0.2) is 47.7 Å². The lowest BCUT2D eigenvalue weighted by Crippen LogP contribution is -2.37. The van der Waals surface area contributed by atoms with Gasteiger partial charge in [-0.05, 0) is 38.8 Å². The average Bonchev–Trinajstić information content (AvgIpc) is 2.39. The molecule has 1 amide bonds. The van der Waals surface area contributed by atoms with Crippen molar-refractivity contribution in [3.63, 3.8) is 0 Å². The Kier molecular flexibility index (Phi) is 9.05. The Morgan fingerprint density at radius 3 is 2.52 bits per heavy atom. The number of carbonyl (C=O) groups is 2. The summed E-state index contributed by atoms with van der Waals surface area (Å²) in [6, 6.07) is 0. The Morgan fingerprint density at radius 1 is 1.33 bits per heavy atom. The molecule has 0 aromatic carbocycles. The maximum atomic E-state index is 12.1. The molecule has 5 heteroatoms. The number of aliphatic hydroxyl groups excluding tert-OH is 1. The molecule has 0 aliphatic carbocycles. The highest BCUT2D eigenvalue weighted by Gasteiger charge is 2.20. The number of ether oxygens (including phenoxy) is 1. The normalized spacial score (nSPS) is 11.8. The van der Waals surface area contributed by atoms with Crippen LogP contribution in [0.1, 0.15) is 27.2 Å². The molecule has 0 aromatic rings. The van der Waals surface area contributed by atoms with Gasteiger partial charge in [0.2, 0.25) is 0 Å². The molecule has 0 fully saturated rings. The van der Waals surface area contributed by atoms with Crippen LogP contribution in [0.15, 0.2) is 36.5 Å². The largest absolute Gasteiger partial charge is 0.444 e. The van der Waals surface area contributed by atoms with E-state index in [2.05, 4.69) is 6.58 Å². The molecule has 0 atom stereocenters. The molecule has 0 unspecified atom stereocenters. The van der Waals surface area contributed by atoms with Gasteiger partial charge in [0, 0.05) is 13.1 Å². The molecule has 1 N–H and O–H groups in total. The molecule has 0 spiro atoms. The lowest BCUT2D eigenvalue weighted by Gasteiger charge is -2.26. The molecule has 118 valence electrons. The summed E-state index contributed by atoms with van der Waals surface area (Å²) in [4.78, 5) is 23.8. The monoisotopic (exact) mass is 295 g/mol. The van der Waals surface area contributed by atoms with Gasteiger partial charge >= 0.3 is 6.09 Å². The Bertz CT molecular complexity index is 405. The first kappa shape index (κ1) is 19.1. The Labute approximate surface area is 126 Å². The van der Waals surface area contributed by atoms with E-state index >= 15 is 0 Å². The first-order valence-corrected chi connectivity index (χ1v) is 6.83. The number of allylic oxidation sites excluding steroid dienone is 1. The number of aliphatic hydroxyl groups is 1. The van der Waals surface area contributed by atoms with Crippen molar-refractivity contribution < 1.29 is 19.4 Å². The SMILES string of the molecule is C=C(/C=C/CN(CC/C=C/C=O)C(=O)OC(C)(C)C)CO. The van der Waals surface area contributed by atoms with Gasteiger partial charge in [-0.25, -0.2) is 4.79 Å². The summed E-state index contributed by atoms with van der Waals surface area (Å²) in [6.07, 6.45) is 7.35. The molecule has 21 heavy (non-hydrogen) atoms. The second-order valence-electron chi connectivity index (χ2n) is 5.50. The highest BCUT2D eigenvalue weighted by molar-refractivity contribution is 5.68. The summed E-state index contributed by atoms with van der Waals surface area (Å²) < 4.78 is 5.33. The van der Waals surface area contributed by atoms with Crippen molar-refractivity contribution in [2.45, 2.75) is 32.8 Å². The summed E-state index contributed by atoms with van der Waals surface area (Å²) in [5.41, 5.74) is 0.00632. The van der Waals surface area contributed by atoms with Gasteiger partial charge in [0.15, 0.2) is 0 Å².